The zero-order chi connectivity index (χ0) is 19.1. The predicted octanol–water partition coefficient (Wildman–Crippen LogP) is 1.60. The lowest BCUT2D eigenvalue weighted by molar-refractivity contribution is 0.0146. The monoisotopic (exact) mass is 397 g/mol. The minimum absolute atomic E-state index is 0.272. The summed E-state index contributed by atoms with van der Waals surface area (Å²) in [6, 6.07) is 4.87. The molecule has 0 radical (unpaired) electrons. The molecule has 0 N–H and O–H groups in total. The first-order chi connectivity index (χ1) is 12.2. The number of sulfonamides is 1. The third-order valence-corrected chi connectivity index (χ3v) is 6.55. The predicted molar refractivity (Wildman–Crippen MR) is 97.8 cm³/mol. The first kappa shape index (κ1) is 19.0. The smallest absolute Gasteiger partial charge is 0.268 e. The van der Waals surface area contributed by atoms with Crippen LogP contribution in [0.5, 0.6) is 0 Å². The Labute approximate surface area is 157 Å². The summed E-state index contributed by atoms with van der Waals surface area (Å²) in [5.41, 5.74) is 2.27. The number of hydrogen-bond acceptors (Lipinski definition) is 5. The van der Waals surface area contributed by atoms with Gasteiger partial charge in [-0.2, -0.15) is 5.10 Å². The normalized spacial score (nSPS) is 17.3. The second kappa shape index (κ2) is 7.11. The van der Waals surface area contributed by atoms with Crippen LogP contribution in [0.25, 0.3) is 0 Å². The summed E-state index contributed by atoms with van der Waals surface area (Å²) >= 11 is 5.76. The van der Waals surface area contributed by atoms with E-state index >= 15 is 0 Å². The van der Waals surface area contributed by atoms with Gasteiger partial charge in [-0.25, -0.2) is 17.4 Å². The van der Waals surface area contributed by atoms with Crippen LogP contribution < -0.4 is 5.56 Å². The second-order valence-electron chi connectivity index (χ2n) is 6.51. The Morgan fingerprint density at radius 2 is 2.04 bits per heavy atom. The Balaban J connectivity index is 1.89. The third kappa shape index (κ3) is 3.68. The topological polar surface area (TPSA) is 81.5 Å². The molecule has 2 aromatic rings. The van der Waals surface area contributed by atoms with E-state index in [9.17, 15) is 13.2 Å². The highest BCUT2D eigenvalue weighted by Gasteiger charge is 2.26. The van der Waals surface area contributed by atoms with Crippen molar-refractivity contribution in [3.8, 4) is 0 Å². The molecular weight excluding hydrogens is 378 g/mol. The van der Waals surface area contributed by atoms with Crippen LogP contribution in [0.3, 0.4) is 0 Å². The highest BCUT2D eigenvalue weighted by molar-refractivity contribution is 7.89. The van der Waals surface area contributed by atoms with Crippen LogP contribution in [-0.2, 0) is 34.3 Å². The van der Waals surface area contributed by atoms with E-state index in [2.05, 4.69) is 5.10 Å². The van der Waals surface area contributed by atoms with Crippen molar-refractivity contribution in [2.45, 2.75) is 37.5 Å². The minimum atomic E-state index is -3.52. The van der Waals surface area contributed by atoms with Crippen LogP contribution in [-0.4, -0.2) is 42.7 Å². The van der Waals surface area contributed by atoms with E-state index in [1.165, 1.54) is 35.3 Å². The number of rotatable bonds is 4. The molecule has 0 saturated carbocycles. The quantitative estimate of drug-likeness (QED) is 0.782. The molecule has 1 aliphatic heterocycles. The van der Waals surface area contributed by atoms with E-state index < -0.39 is 10.0 Å². The Kier molecular flexibility index (Phi) is 5.21. The first-order valence-corrected chi connectivity index (χ1v) is 9.89. The number of aryl methyl sites for hydroxylation is 1. The molecule has 26 heavy (non-hydrogen) atoms. The van der Waals surface area contributed by atoms with Gasteiger partial charge in [-0.3, -0.25) is 4.79 Å². The van der Waals surface area contributed by atoms with Crippen molar-refractivity contribution >= 4 is 21.6 Å². The molecule has 0 amide bonds. The summed E-state index contributed by atoms with van der Waals surface area (Å²) in [4.78, 5) is 12.2. The fourth-order valence-corrected chi connectivity index (χ4v) is 4.25. The van der Waals surface area contributed by atoms with Crippen molar-refractivity contribution in [2.24, 2.45) is 0 Å². The Hall–Kier alpha value is -1.74. The van der Waals surface area contributed by atoms with Gasteiger partial charge in [-0.1, -0.05) is 17.7 Å². The average Bonchev–Trinajstić information content (AvgIpc) is 2.56. The van der Waals surface area contributed by atoms with Crippen LogP contribution in [0.2, 0.25) is 5.02 Å². The molecule has 0 bridgehead atoms. The number of aromatic nitrogens is 2. The molecule has 1 unspecified atom stereocenters. The van der Waals surface area contributed by atoms with Crippen molar-refractivity contribution in [1.82, 2.24) is 14.1 Å². The molecular formula is C17H20ClN3O4S. The highest BCUT2D eigenvalue weighted by atomic mass is 35.5. The zero-order valence-corrected chi connectivity index (χ0v) is 16.3. The summed E-state index contributed by atoms with van der Waals surface area (Å²) in [6.45, 7) is 2.42. The van der Waals surface area contributed by atoms with Crippen molar-refractivity contribution in [2.75, 3.05) is 14.1 Å². The molecule has 3 rings (SSSR count). The van der Waals surface area contributed by atoms with Crippen molar-refractivity contribution < 1.29 is 13.2 Å². The lowest BCUT2D eigenvalue weighted by Crippen LogP contribution is -2.33. The molecule has 1 aromatic carbocycles. The van der Waals surface area contributed by atoms with Crippen LogP contribution in [0.4, 0.5) is 0 Å². The van der Waals surface area contributed by atoms with Gasteiger partial charge < -0.3 is 4.74 Å². The molecule has 7 nitrogen and oxygen atoms in total. The van der Waals surface area contributed by atoms with E-state index in [1.54, 1.807) is 13.0 Å². The summed E-state index contributed by atoms with van der Waals surface area (Å²) in [7, 11) is -0.493. The van der Waals surface area contributed by atoms with Gasteiger partial charge in [-0.05, 0) is 29.7 Å². The number of nitrogens with zero attached hydrogens (tertiary/aromatic N) is 3. The number of ether oxygens (including phenoxy) is 1. The first-order valence-electron chi connectivity index (χ1n) is 8.07. The molecule has 0 fully saturated rings. The largest absolute Gasteiger partial charge is 0.371 e. The van der Waals surface area contributed by atoms with E-state index in [4.69, 9.17) is 16.3 Å². The van der Waals surface area contributed by atoms with Gasteiger partial charge in [0.2, 0.25) is 10.0 Å². The summed E-state index contributed by atoms with van der Waals surface area (Å²) in [5, 5.41) is 4.30. The maximum Gasteiger partial charge on any atom is 0.268 e. The zero-order valence-electron chi connectivity index (χ0n) is 14.8. The molecule has 0 spiro atoms. The van der Waals surface area contributed by atoms with E-state index in [1.807, 2.05) is 6.07 Å². The van der Waals surface area contributed by atoms with E-state index in [-0.39, 0.29) is 23.2 Å². The maximum absolute atomic E-state index is 12.5. The van der Waals surface area contributed by atoms with Gasteiger partial charge in [0.25, 0.3) is 5.56 Å². The lowest BCUT2D eigenvalue weighted by Gasteiger charge is -2.27. The number of halogens is 1. The SMILES string of the molecule is Cc1cc2c(cc1S(=O)(=O)N(C)C)CC(Cn1ncc(Cl)cc1=O)OC2. The van der Waals surface area contributed by atoms with Crippen LogP contribution in [0.15, 0.2) is 34.1 Å². The molecule has 1 atom stereocenters. The Bertz CT molecular complexity index is 1000. The summed E-state index contributed by atoms with van der Waals surface area (Å²) < 4.78 is 33.4. The fraction of sp³-hybridized carbons (Fsp3) is 0.412. The number of benzene rings is 1. The minimum Gasteiger partial charge on any atom is -0.371 e. The summed E-state index contributed by atoms with van der Waals surface area (Å²) in [6.07, 6.45) is 1.64. The molecule has 140 valence electrons. The Morgan fingerprint density at radius 1 is 1.31 bits per heavy atom. The van der Waals surface area contributed by atoms with Gasteiger partial charge in [0.15, 0.2) is 0 Å². The average molecular weight is 398 g/mol. The van der Waals surface area contributed by atoms with E-state index in [0.717, 1.165) is 11.1 Å². The third-order valence-electron chi connectivity index (χ3n) is 4.39. The maximum atomic E-state index is 12.5. The van der Waals surface area contributed by atoms with Gasteiger partial charge in [0.1, 0.15) is 0 Å². The van der Waals surface area contributed by atoms with Crippen molar-refractivity contribution in [3.63, 3.8) is 0 Å². The van der Waals surface area contributed by atoms with Crippen LogP contribution in [0, 0.1) is 6.92 Å². The van der Waals surface area contributed by atoms with Gasteiger partial charge in [-0.15, -0.1) is 0 Å². The molecule has 1 aliphatic rings. The fourth-order valence-electron chi connectivity index (χ4n) is 2.96. The molecule has 2 heterocycles. The molecule has 0 aliphatic carbocycles. The van der Waals surface area contributed by atoms with Gasteiger partial charge in [0.05, 0.1) is 35.4 Å². The lowest BCUT2D eigenvalue weighted by atomic mass is 9.97. The van der Waals surface area contributed by atoms with Crippen LogP contribution >= 0.6 is 11.6 Å². The van der Waals surface area contributed by atoms with E-state index in [0.29, 0.717) is 23.5 Å². The standard InChI is InChI=1S/C17H20ClN3O4S/c1-11-4-13-10-25-15(9-21-17(22)7-14(18)8-19-21)5-12(13)6-16(11)26(23,24)20(2)3/h4,6-8,15H,5,9-10H2,1-3H3. The highest BCUT2D eigenvalue weighted by Crippen LogP contribution is 2.28. The van der Waals surface area contributed by atoms with Crippen molar-refractivity contribution in [3.05, 3.63) is 56.5 Å². The molecule has 0 saturated heterocycles. The van der Waals surface area contributed by atoms with Crippen molar-refractivity contribution in [1.29, 1.82) is 0 Å². The van der Waals surface area contributed by atoms with Gasteiger partial charge in [0, 0.05) is 26.6 Å². The number of hydrogen-bond donors (Lipinski definition) is 0. The Morgan fingerprint density at radius 3 is 2.69 bits per heavy atom. The summed E-state index contributed by atoms with van der Waals surface area (Å²) in [5.74, 6) is 0. The van der Waals surface area contributed by atoms with Crippen LogP contribution in [0.1, 0.15) is 16.7 Å². The van der Waals surface area contributed by atoms with Gasteiger partial charge >= 0.3 is 0 Å². The second-order valence-corrected chi connectivity index (χ2v) is 9.06. The molecule has 1 aromatic heterocycles. The molecule has 9 heteroatoms. The number of fused-ring (bicyclic) bond motifs is 1.